The minimum atomic E-state index is -0.810. The first-order valence-electron chi connectivity index (χ1n) is 8.29. The van der Waals surface area contributed by atoms with Crippen LogP contribution in [-0.2, 0) is 11.3 Å². The predicted molar refractivity (Wildman–Crippen MR) is 101 cm³/mol. The van der Waals surface area contributed by atoms with E-state index >= 15 is 0 Å². The molecule has 3 aromatic rings. The molecule has 0 aliphatic rings. The Kier molecular flexibility index (Phi) is 5.41. The van der Waals surface area contributed by atoms with E-state index in [1.165, 1.54) is 12.1 Å². The standard InChI is InChI=1S/C19H18ClN3O4/c1-10-4-18(24)27-16-6-17(15(20)5-14(10)16)26-12(3)19(25)23-9-13-8-21-11(2)7-22-13/h4-8,12H,9H2,1-3H3,(H,23,25). The van der Waals surface area contributed by atoms with Gasteiger partial charge in [0.15, 0.2) is 6.10 Å². The number of hydrogen-bond donors (Lipinski definition) is 1. The summed E-state index contributed by atoms with van der Waals surface area (Å²) in [6.07, 6.45) is 2.42. The molecule has 1 N–H and O–H groups in total. The average molecular weight is 388 g/mol. The first-order valence-corrected chi connectivity index (χ1v) is 8.67. The van der Waals surface area contributed by atoms with Crippen LogP contribution in [0.1, 0.15) is 23.9 Å². The van der Waals surface area contributed by atoms with Crippen molar-refractivity contribution in [2.75, 3.05) is 0 Å². The summed E-state index contributed by atoms with van der Waals surface area (Å²) >= 11 is 6.26. The highest BCUT2D eigenvalue weighted by Gasteiger charge is 2.17. The minimum absolute atomic E-state index is 0.235. The van der Waals surface area contributed by atoms with Crippen LogP contribution in [0.5, 0.6) is 5.75 Å². The number of carbonyl (C=O) groups excluding carboxylic acids is 1. The zero-order valence-corrected chi connectivity index (χ0v) is 15.8. The number of nitrogens with one attached hydrogen (secondary N) is 1. The monoisotopic (exact) mass is 387 g/mol. The molecule has 0 saturated carbocycles. The molecule has 0 saturated heterocycles. The van der Waals surface area contributed by atoms with Gasteiger partial charge in [-0.15, -0.1) is 0 Å². The van der Waals surface area contributed by atoms with Crippen molar-refractivity contribution in [3.05, 3.63) is 63.0 Å². The van der Waals surface area contributed by atoms with E-state index in [0.29, 0.717) is 21.7 Å². The molecule has 7 nitrogen and oxygen atoms in total. The molecule has 0 bridgehead atoms. The van der Waals surface area contributed by atoms with Crippen LogP contribution in [0.4, 0.5) is 0 Å². The summed E-state index contributed by atoms with van der Waals surface area (Å²) in [6.45, 7) is 5.46. The fourth-order valence-electron chi connectivity index (χ4n) is 2.49. The van der Waals surface area contributed by atoms with Crippen molar-refractivity contribution >= 4 is 28.5 Å². The van der Waals surface area contributed by atoms with Crippen molar-refractivity contribution in [2.24, 2.45) is 0 Å². The van der Waals surface area contributed by atoms with Crippen molar-refractivity contribution in [3.8, 4) is 5.75 Å². The molecule has 27 heavy (non-hydrogen) atoms. The van der Waals surface area contributed by atoms with Crippen LogP contribution >= 0.6 is 11.6 Å². The Morgan fingerprint density at radius 2 is 2.04 bits per heavy atom. The van der Waals surface area contributed by atoms with Gasteiger partial charge in [-0.2, -0.15) is 0 Å². The first kappa shape index (κ1) is 18.8. The van der Waals surface area contributed by atoms with Crippen LogP contribution in [0.25, 0.3) is 11.0 Å². The molecular weight excluding hydrogens is 370 g/mol. The number of halogens is 1. The Balaban J connectivity index is 1.71. The van der Waals surface area contributed by atoms with Crippen molar-refractivity contribution in [1.29, 1.82) is 0 Å². The molecule has 0 aliphatic carbocycles. The number of ether oxygens (including phenoxy) is 1. The van der Waals surface area contributed by atoms with Gasteiger partial charge in [0.2, 0.25) is 0 Å². The normalized spacial score (nSPS) is 12.0. The number of aryl methyl sites for hydroxylation is 2. The second-order valence-electron chi connectivity index (χ2n) is 6.15. The summed E-state index contributed by atoms with van der Waals surface area (Å²) in [7, 11) is 0. The number of hydrogen-bond acceptors (Lipinski definition) is 6. The van der Waals surface area contributed by atoms with Gasteiger partial charge in [0.1, 0.15) is 11.3 Å². The van der Waals surface area contributed by atoms with E-state index in [2.05, 4.69) is 15.3 Å². The van der Waals surface area contributed by atoms with Gasteiger partial charge >= 0.3 is 5.63 Å². The van der Waals surface area contributed by atoms with Crippen LogP contribution < -0.4 is 15.7 Å². The van der Waals surface area contributed by atoms with Crippen LogP contribution in [0.2, 0.25) is 5.02 Å². The van der Waals surface area contributed by atoms with Crippen molar-refractivity contribution in [1.82, 2.24) is 15.3 Å². The van der Waals surface area contributed by atoms with Gasteiger partial charge in [-0.25, -0.2) is 4.79 Å². The summed E-state index contributed by atoms with van der Waals surface area (Å²) in [6, 6.07) is 4.56. The third kappa shape index (κ3) is 4.43. The highest BCUT2D eigenvalue weighted by Crippen LogP contribution is 2.31. The van der Waals surface area contributed by atoms with Gasteiger partial charge in [-0.1, -0.05) is 11.6 Å². The molecule has 1 aromatic carbocycles. The molecule has 1 atom stereocenters. The lowest BCUT2D eigenvalue weighted by Gasteiger charge is -2.16. The molecule has 0 spiro atoms. The van der Waals surface area contributed by atoms with Gasteiger partial charge in [0.25, 0.3) is 5.91 Å². The molecular formula is C19H18ClN3O4. The quantitative estimate of drug-likeness (QED) is 0.676. The zero-order valence-electron chi connectivity index (χ0n) is 15.1. The molecule has 3 rings (SSSR count). The SMILES string of the molecule is Cc1cnc(CNC(=O)C(C)Oc2cc3oc(=O)cc(C)c3cc2Cl)cn1. The van der Waals surface area contributed by atoms with E-state index < -0.39 is 11.7 Å². The van der Waals surface area contributed by atoms with Gasteiger partial charge in [-0.3, -0.25) is 14.8 Å². The van der Waals surface area contributed by atoms with Gasteiger partial charge in [0, 0.05) is 23.7 Å². The highest BCUT2D eigenvalue weighted by molar-refractivity contribution is 6.32. The molecule has 2 heterocycles. The van der Waals surface area contributed by atoms with Crippen molar-refractivity contribution in [3.63, 3.8) is 0 Å². The molecule has 2 aromatic heterocycles. The van der Waals surface area contributed by atoms with E-state index in [4.69, 9.17) is 20.8 Å². The third-order valence-electron chi connectivity index (χ3n) is 3.95. The summed E-state index contributed by atoms with van der Waals surface area (Å²) in [5, 5.41) is 3.76. The lowest BCUT2D eigenvalue weighted by molar-refractivity contribution is -0.127. The second-order valence-corrected chi connectivity index (χ2v) is 6.56. The predicted octanol–water partition coefficient (Wildman–Crippen LogP) is 2.94. The first-order chi connectivity index (χ1) is 12.8. The fourth-order valence-corrected chi connectivity index (χ4v) is 2.69. The zero-order chi connectivity index (χ0) is 19.6. The summed E-state index contributed by atoms with van der Waals surface area (Å²) < 4.78 is 10.8. The van der Waals surface area contributed by atoms with Crippen molar-refractivity contribution < 1.29 is 13.9 Å². The van der Waals surface area contributed by atoms with Gasteiger partial charge < -0.3 is 14.5 Å². The lowest BCUT2D eigenvalue weighted by atomic mass is 10.1. The fraction of sp³-hybridized carbons (Fsp3) is 0.263. The molecule has 0 aliphatic heterocycles. The van der Waals surface area contributed by atoms with Crippen molar-refractivity contribution in [2.45, 2.75) is 33.4 Å². The second kappa shape index (κ2) is 7.75. The van der Waals surface area contributed by atoms with E-state index in [9.17, 15) is 9.59 Å². The Labute approximate surface area is 160 Å². The maximum atomic E-state index is 12.3. The molecule has 140 valence electrons. The van der Waals surface area contributed by atoms with Crippen LogP contribution in [0, 0.1) is 13.8 Å². The van der Waals surface area contributed by atoms with Crippen LogP contribution in [0.15, 0.2) is 39.8 Å². The number of benzene rings is 1. The van der Waals surface area contributed by atoms with E-state index in [1.54, 1.807) is 32.3 Å². The number of aromatic nitrogens is 2. The Hall–Kier alpha value is -2.93. The van der Waals surface area contributed by atoms with E-state index in [-0.39, 0.29) is 18.2 Å². The van der Waals surface area contributed by atoms with E-state index in [1.807, 2.05) is 6.92 Å². The maximum absolute atomic E-state index is 12.3. The van der Waals surface area contributed by atoms with Gasteiger partial charge in [-0.05, 0) is 32.4 Å². The maximum Gasteiger partial charge on any atom is 0.336 e. The molecule has 8 heteroatoms. The highest BCUT2D eigenvalue weighted by atomic mass is 35.5. The number of carbonyl (C=O) groups is 1. The molecule has 1 unspecified atom stereocenters. The Morgan fingerprint density at radius 1 is 1.26 bits per heavy atom. The summed E-state index contributed by atoms with van der Waals surface area (Å²) in [5.74, 6) is -0.0741. The lowest BCUT2D eigenvalue weighted by Crippen LogP contribution is -2.36. The average Bonchev–Trinajstić information content (AvgIpc) is 2.62. The van der Waals surface area contributed by atoms with Crippen LogP contribution in [-0.4, -0.2) is 22.0 Å². The molecule has 0 fully saturated rings. The largest absolute Gasteiger partial charge is 0.479 e. The number of fused-ring (bicyclic) bond motifs is 1. The Bertz CT molecular complexity index is 1050. The van der Waals surface area contributed by atoms with Gasteiger partial charge in [0.05, 0.1) is 29.2 Å². The number of rotatable bonds is 5. The number of amides is 1. The summed E-state index contributed by atoms with van der Waals surface area (Å²) in [5.41, 5.74) is 2.08. The molecule has 1 amide bonds. The topological polar surface area (TPSA) is 94.3 Å². The minimum Gasteiger partial charge on any atom is -0.479 e. The smallest absolute Gasteiger partial charge is 0.336 e. The third-order valence-corrected chi connectivity index (χ3v) is 4.25. The number of nitrogens with zero attached hydrogens (tertiary/aromatic N) is 2. The summed E-state index contributed by atoms with van der Waals surface area (Å²) in [4.78, 5) is 32.1. The van der Waals surface area contributed by atoms with Crippen LogP contribution in [0.3, 0.4) is 0 Å². The molecule has 0 radical (unpaired) electrons. The van der Waals surface area contributed by atoms with E-state index in [0.717, 1.165) is 11.3 Å². The Morgan fingerprint density at radius 3 is 2.74 bits per heavy atom.